The molecule has 0 heterocycles. The molecule has 0 fully saturated rings. The quantitative estimate of drug-likeness (QED) is 0.250. The highest BCUT2D eigenvalue weighted by molar-refractivity contribution is 9.10. The third-order valence-corrected chi connectivity index (χ3v) is 8.15. The normalized spacial score (nSPS) is 11.7. The summed E-state index contributed by atoms with van der Waals surface area (Å²) < 4.78 is 39.5. The van der Waals surface area contributed by atoms with Gasteiger partial charge in [-0.15, -0.1) is 0 Å². The van der Waals surface area contributed by atoms with Crippen LogP contribution in [0.4, 0.5) is 5.69 Å². The van der Waals surface area contributed by atoms with Crippen molar-refractivity contribution in [1.82, 2.24) is 0 Å². The van der Waals surface area contributed by atoms with Crippen LogP contribution < -0.4 is 13.8 Å². The molecule has 0 aliphatic carbocycles. The summed E-state index contributed by atoms with van der Waals surface area (Å²) in [5, 5.41) is 0.197. The number of rotatable bonds is 9. The lowest BCUT2D eigenvalue weighted by molar-refractivity contribution is -0.117. The van der Waals surface area contributed by atoms with Crippen LogP contribution in [0.1, 0.15) is 39.2 Å². The van der Waals surface area contributed by atoms with E-state index in [1.54, 1.807) is 18.2 Å². The molecule has 0 aliphatic heterocycles. The zero-order valence-electron chi connectivity index (χ0n) is 20.6. The molecule has 0 atom stereocenters. The SMILES string of the molecule is COc1ccc(N(C(=O)CCCOc2ccc(C(C)(C)C)cc2Br)S(=O)(=O)c2ccccc2)cc1Cl. The molecule has 9 heteroatoms. The van der Waals surface area contributed by atoms with Gasteiger partial charge in [0.05, 0.1) is 33.8 Å². The molecule has 6 nitrogen and oxygen atoms in total. The van der Waals surface area contributed by atoms with Crippen LogP contribution >= 0.6 is 27.5 Å². The van der Waals surface area contributed by atoms with Gasteiger partial charge in [0.2, 0.25) is 5.91 Å². The third kappa shape index (κ3) is 6.60. The van der Waals surface area contributed by atoms with Gasteiger partial charge in [0, 0.05) is 6.42 Å². The zero-order valence-corrected chi connectivity index (χ0v) is 23.8. The Hall–Kier alpha value is -2.55. The molecule has 0 aromatic heterocycles. The van der Waals surface area contributed by atoms with Crippen LogP contribution in [0.3, 0.4) is 0 Å². The van der Waals surface area contributed by atoms with Crippen molar-refractivity contribution in [3.63, 3.8) is 0 Å². The van der Waals surface area contributed by atoms with E-state index < -0.39 is 15.9 Å². The van der Waals surface area contributed by atoms with Crippen LogP contribution in [0.15, 0.2) is 76.1 Å². The number of benzene rings is 3. The Bertz CT molecular complexity index is 1320. The number of amides is 1. The Balaban J connectivity index is 1.77. The summed E-state index contributed by atoms with van der Waals surface area (Å²) in [6.07, 6.45) is 0.268. The fourth-order valence-corrected chi connectivity index (χ4v) is 5.70. The molecule has 0 aliphatic rings. The standard InChI is InChI=1S/C27H29BrClNO5S/c1-27(2,3)19-12-14-24(22(28)17-19)35-16-8-11-26(31)30(20-13-15-25(34-4)23(29)18-20)36(32,33)21-9-6-5-7-10-21/h5-7,9-10,12-15,17-18H,8,11,16H2,1-4H3. The second-order valence-corrected chi connectivity index (χ2v) is 12.2. The third-order valence-electron chi connectivity index (χ3n) is 5.47. The Morgan fingerprint density at radius 2 is 1.67 bits per heavy atom. The monoisotopic (exact) mass is 593 g/mol. The van der Waals surface area contributed by atoms with Crippen molar-refractivity contribution in [2.24, 2.45) is 0 Å². The first-order valence-electron chi connectivity index (χ1n) is 11.3. The molecule has 0 bridgehead atoms. The number of sulfonamides is 1. The maximum absolute atomic E-state index is 13.4. The molecule has 0 unspecified atom stereocenters. The molecule has 1 amide bonds. The largest absolute Gasteiger partial charge is 0.495 e. The molecule has 0 radical (unpaired) electrons. The highest BCUT2D eigenvalue weighted by atomic mass is 79.9. The summed E-state index contributed by atoms with van der Waals surface area (Å²) in [7, 11) is -2.71. The summed E-state index contributed by atoms with van der Waals surface area (Å²) in [4.78, 5) is 13.3. The summed E-state index contributed by atoms with van der Waals surface area (Å²) in [6.45, 7) is 6.63. The predicted octanol–water partition coefficient (Wildman–Crippen LogP) is 6.99. The van der Waals surface area contributed by atoms with Gasteiger partial charge in [0.25, 0.3) is 10.0 Å². The molecule has 36 heavy (non-hydrogen) atoms. The average Bonchev–Trinajstić information content (AvgIpc) is 2.82. The van der Waals surface area contributed by atoms with Gasteiger partial charge in [-0.3, -0.25) is 4.79 Å². The van der Waals surface area contributed by atoms with Gasteiger partial charge in [0.1, 0.15) is 11.5 Å². The van der Waals surface area contributed by atoms with E-state index in [-0.39, 0.29) is 34.0 Å². The Morgan fingerprint density at radius 3 is 2.25 bits per heavy atom. The van der Waals surface area contributed by atoms with Gasteiger partial charge in [-0.05, 0) is 75.8 Å². The summed E-state index contributed by atoms with van der Waals surface area (Å²) in [6, 6.07) is 18.1. The van der Waals surface area contributed by atoms with Crippen molar-refractivity contribution in [3.05, 3.63) is 81.8 Å². The van der Waals surface area contributed by atoms with Gasteiger partial charge in [-0.1, -0.05) is 56.6 Å². The lowest BCUT2D eigenvalue weighted by Crippen LogP contribution is -2.37. The predicted molar refractivity (Wildman–Crippen MR) is 147 cm³/mol. The number of ether oxygens (including phenoxy) is 2. The minimum atomic E-state index is -4.17. The van der Waals surface area contributed by atoms with E-state index in [0.717, 1.165) is 14.3 Å². The van der Waals surface area contributed by atoms with Crippen LogP contribution in [0.5, 0.6) is 11.5 Å². The molecule has 3 aromatic carbocycles. The molecule has 192 valence electrons. The Morgan fingerprint density at radius 1 is 1.00 bits per heavy atom. The van der Waals surface area contributed by atoms with Gasteiger partial charge in [-0.25, -0.2) is 12.7 Å². The van der Waals surface area contributed by atoms with Crippen LogP contribution in [0.25, 0.3) is 0 Å². The van der Waals surface area contributed by atoms with Crippen molar-refractivity contribution in [2.45, 2.75) is 43.9 Å². The highest BCUT2D eigenvalue weighted by Gasteiger charge is 2.31. The van der Waals surface area contributed by atoms with Crippen LogP contribution in [-0.4, -0.2) is 28.0 Å². The Kier molecular flexibility index (Phi) is 9.08. The van der Waals surface area contributed by atoms with Gasteiger partial charge in [-0.2, -0.15) is 0 Å². The highest BCUT2D eigenvalue weighted by Crippen LogP contribution is 2.33. The average molecular weight is 595 g/mol. The smallest absolute Gasteiger partial charge is 0.270 e. The maximum Gasteiger partial charge on any atom is 0.270 e. The lowest BCUT2D eigenvalue weighted by Gasteiger charge is -2.23. The number of halogens is 2. The van der Waals surface area contributed by atoms with Crippen molar-refractivity contribution >= 4 is 49.1 Å². The molecule has 3 aromatic rings. The van der Waals surface area contributed by atoms with Crippen LogP contribution in [-0.2, 0) is 20.2 Å². The van der Waals surface area contributed by atoms with E-state index in [0.29, 0.717) is 17.9 Å². The van der Waals surface area contributed by atoms with Crippen molar-refractivity contribution in [3.8, 4) is 11.5 Å². The second kappa shape index (κ2) is 11.7. The van der Waals surface area contributed by atoms with Crippen molar-refractivity contribution < 1.29 is 22.7 Å². The number of methoxy groups -OCH3 is 1. The second-order valence-electron chi connectivity index (χ2n) is 9.14. The minimum Gasteiger partial charge on any atom is -0.495 e. The summed E-state index contributed by atoms with van der Waals surface area (Å²) in [5.74, 6) is 0.443. The van der Waals surface area contributed by atoms with E-state index >= 15 is 0 Å². The van der Waals surface area contributed by atoms with Crippen molar-refractivity contribution in [2.75, 3.05) is 18.0 Å². The summed E-state index contributed by atoms with van der Waals surface area (Å²) >= 11 is 9.78. The molecule has 3 rings (SSSR count). The molecule has 0 saturated carbocycles. The van der Waals surface area contributed by atoms with E-state index in [2.05, 4.69) is 36.7 Å². The van der Waals surface area contributed by atoms with E-state index in [1.807, 2.05) is 18.2 Å². The number of nitrogens with zero attached hydrogens (tertiary/aromatic N) is 1. The number of hydrogen-bond donors (Lipinski definition) is 0. The fraction of sp³-hybridized carbons (Fsp3) is 0.296. The molecule has 0 spiro atoms. The lowest BCUT2D eigenvalue weighted by atomic mass is 9.87. The molecular formula is C27H29BrClNO5S. The first-order valence-corrected chi connectivity index (χ1v) is 14.0. The first kappa shape index (κ1) is 28.0. The van der Waals surface area contributed by atoms with E-state index in [9.17, 15) is 13.2 Å². The summed E-state index contributed by atoms with van der Waals surface area (Å²) in [5.41, 5.74) is 1.30. The van der Waals surface area contributed by atoms with Gasteiger partial charge >= 0.3 is 0 Å². The van der Waals surface area contributed by atoms with Crippen molar-refractivity contribution in [1.29, 1.82) is 0 Å². The maximum atomic E-state index is 13.4. The number of anilines is 1. The number of hydrogen-bond acceptors (Lipinski definition) is 5. The minimum absolute atomic E-state index is 0.00408. The van der Waals surface area contributed by atoms with Gasteiger partial charge in [0.15, 0.2) is 0 Å². The molecular weight excluding hydrogens is 566 g/mol. The first-order chi connectivity index (χ1) is 16.9. The molecule has 0 N–H and O–H groups in total. The van der Waals surface area contributed by atoms with Crippen LogP contribution in [0.2, 0.25) is 5.02 Å². The van der Waals surface area contributed by atoms with Crippen LogP contribution in [0, 0.1) is 0 Å². The Labute approximate surface area is 226 Å². The fourth-order valence-electron chi connectivity index (χ4n) is 3.49. The van der Waals surface area contributed by atoms with E-state index in [1.165, 1.54) is 37.4 Å². The molecule has 0 saturated heterocycles. The van der Waals surface area contributed by atoms with Gasteiger partial charge < -0.3 is 9.47 Å². The topological polar surface area (TPSA) is 72.9 Å². The van der Waals surface area contributed by atoms with E-state index in [4.69, 9.17) is 21.1 Å². The zero-order chi connectivity index (χ0) is 26.5. The number of carbonyl (C=O) groups excluding carboxylic acids is 1. The number of carbonyl (C=O) groups is 1.